The summed E-state index contributed by atoms with van der Waals surface area (Å²) in [7, 11) is 2.12. The van der Waals surface area contributed by atoms with E-state index in [0.717, 1.165) is 54.0 Å². The standard InChI is InChI=1S/C17H18N6S.C4H6O6/c1-22-8-10-23(11-9-22)17(24)21-20-16-14-12(4-2-6-18-14)13-5-3-7-19-15(13)16;5-1(3(7)8)2(6)4(9)10/h2-7,18H,8-11H2,1H3;1-2,5-6H,(H,7,8)(H,9,10). The minimum Gasteiger partial charge on any atom is -0.479 e. The Morgan fingerprint density at radius 1 is 1.09 bits per heavy atom. The first-order valence-corrected chi connectivity index (χ1v) is 10.7. The second-order valence-electron chi connectivity index (χ2n) is 7.55. The van der Waals surface area contributed by atoms with Gasteiger partial charge in [-0.15, -0.1) is 10.2 Å². The number of thiocarbonyl (C=S) groups is 1. The molecule has 2 aliphatic heterocycles. The van der Waals surface area contributed by atoms with Gasteiger partial charge in [0.1, 0.15) is 11.2 Å². The van der Waals surface area contributed by atoms with Gasteiger partial charge in [0.25, 0.3) is 0 Å². The molecule has 1 aliphatic carbocycles. The van der Waals surface area contributed by atoms with Crippen LogP contribution in [0.1, 0.15) is 0 Å². The van der Waals surface area contributed by atoms with Crippen LogP contribution in [0, 0.1) is 0 Å². The van der Waals surface area contributed by atoms with E-state index in [4.69, 9.17) is 32.6 Å². The third-order valence-corrected chi connectivity index (χ3v) is 5.57. The van der Waals surface area contributed by atoms with Crippen molar-refractivity contribution in [1.29, 1.82) is 0 Å². The largest absolute Gasteiger partial charge is 0.479 e. The number of aromatic nitrogens is 2. The molecule has 0 amide bonds. The molecule has 4 rings (SSSR count). The van der Waals surface area contributed by atoms with Gasteiger partial charge in [0.2, 0.25) is 5.11 Å². The predicted molar refractivity (Wildman–Crippen MR) is 126 cm³/mol. The molecule has 13 heteroatoms. The molecule has 1 aromatic heterocycles. The number of aromatic amines is 1. The van der Waals surface area contributed by atoms with Gasteiger partial charge >= 0.3 is 11.9 Å². The van der Waals surface area contributed by atoms with Gasteiger partial charge in [-0.25, -0.2) is 9.59 Å². The van der Waals surface area contributed by atoms with Crippen molar-refractivity contribution >= 4 is 45.9 Å². The number of aliphatic hydroxyl groups excluding tert-OH is 2. The SMILES string of the molecule is CN1CCN(C(=S)N=Nc2c3[nH]cccc-3c3cccnc23)CC1.O=C(O)C(O)C(O)C(=O)O. The molecule has 3 heterocycles. The van der Waals surface area contributed by atoms with Crippen LogP contribution in [0.15, 0.2) is 46.9 Å². The van der Waals surface area contributed by atoms with E-state index in [1.54, 1.807) is 6.20 Å². The molecule has 0 spiro atoms. The van der Waals surface area contributed by atoms with Gasteiger partial charge in [-0.2, -0.15) is 0 Å². The summed E-state index contributed by atoms with van der Waals surface area (Å²) in [5.41, 5.74) is 3.63. The van der Waals surface area contributed by atoms with E-state index in [2.05, 4.69) is 49.2 Å². The van der Waals surface area contributed by atoms with Gasteiger partial charge < -0.3 is 35.2 Å². The number of hydrogen-bond acceptors (Lipinski definition) is 8. The van der Waals surface area contributed by atoms with Gasteiger partial charge in [-0.1, -0.05) is 12.1 Å². The van der Waals surface area contributed by atoms with Crippen molar-refractivity contribution in [2.75, 3.05) is 33.2 Å². The maximum Gasteiger partial charge on any atom is 0.335 e. The average Bonchev–Trinajstić information content (AvgIpc) is 3.16. The molecule has 0 bridgehead atoms. The van der Waals surface area contributed by atoms with E-state index in [0.29, 0.717) is 5.11 Å². The third-order valence-electron chi connectivity index (χ3n) is 5.23. The molecule has 2 unspecified atom stereocenters. The molecule has 3 aliphatic rings. The summed E-state index contributed by atoms with van der Waals surface area (Å²) >= 11 is 5.45. The minimum absolute atomic E-state index is 0.539. The fourth-order valence-electron chi connectivity index (χ4n) is 3.31. The number of pyridine rings is 2. The molecule has 180 valence electrons. The summed E-state index contributed by atoms with van der Waals surface area (Å²) in [6.45, 7) is 3.77. The zero-order valence-electron chi connectivity index (χ0n) is 18.2. The van der Waals surface area contributed by atoms with Gasteiger partial charge in [0, 0.05) is 49.5 Å². The molecule has 12 nitrogen and oxygen atoms in total. The van der Waals surface area contributed by atoms with Crippen molar-refractivity contribution in [3.63, 3.8) is 0 Å². The monoisotopic (exact) mass is 488 g/mol. The number of carboxylic acids is 2. The highest BCUT2D eigenvalue weighted by Crippen LogP contribution is 2.42. The number of hydrogen-bond donors (Lipinski definition) is 5. The first-order chi connectivity index (χ1) is 16.2. The first kappa shape index (κ1) is 25.1. The van der Waals surface area contributed by atoms with Crippen molar-refractivity contribution in [2.24, 2.45) is 10.2 Å². The van der Waals surface area contributed by atoms with Crippen LogP contribution < -0.4 is 0 Å². The molecule has 0 saturated carbocycles. The topological polar surface area (TPSA) is 175 Å². The number of H-pyrrole nitrogens is 1. The lowest BCUT2D eigenvalue weighted by atomic mass is 10.2. The molecule has 2 atom stereocenters. The fourth-order valence-corrected chi connectivity index (χ4v) is 3.53. The number of nitrogens with one attached hydrogen (secondary N) is 1. The Bertz CT molecular complexity index is 1160. The van der Waals surface area contributed by atoms with Crippen LogP contribution in [0.3, 0.4) is 0 Å². The van der Waals surface area contributed by atoms with E-state index in [1.165, 1.54) is 0 Å². The quantitative estimate of drug-likeness (QED) is 0.265. The van der Waals surface area contributed by atoms with Crippen molar-refractivity contribution in [3.05, 3.63) is 36.7 Å². The summed E-state index contributed by atoms with van der Waals surface area (Å²) < 4.78 is 0. The molecule has 1 fully saturated rings. The summed E-state index contributed by atoms with van der Waals surface area (Å²) in [5, 5.41) is 42.9. The molecule has 34 heavy (non-hydrogen) atoms. The Balaban J connectivity index is 0.000000277. The van der Waals surface area contributed by atoms with Crippen molar-refractivity contribution < 1.29 is 30.0 Å². The van der Waals surface area contributed by atoms with Gasteiger partial charge in [0.15, 0.2) is 12.2 Å². The van der Waals surface area contributed by atoms with E-state index in [-0.39, 0.29) is 0 Å². The normalized spacial score (nSPS) is 16.3. The number of nitrogens with zero attached hydrogens (tertiary/aromatic N) is 5. The number of aliphatic carboxylic acids is 2. The summed E-state index contributed by atoms with van der Waals surface area (Å²) in [6, 6.07) is 8.03. The lowest BCUT2D eigenvalue weighted by Crippen LogP contribution is -2.46. The van der Waals surface area contributed by atoms with Crippen LogP contribution in [0.4, 0.5) is 5.69 Å². The summed E-state index contributed by atoms with van der Waals surface area (Å²) in [4.78, 5) is 31.7. The van der Waals surface area contributed by atoms with Crippen LogP contribution in [0.5, 0.6) is 0 Å². The zero-order valence-corrected chi connectivity index (χ0v) is 19.0. The lowest BCUT2D eigenvalue weighted by Gasteiger charge is -2.32. The minimum atomic E-state index is -2.27. The Morgan fingerprint density at radius 3 is 2.35 bits per heavy atom. The third kappa shape index (κ3) is 5.69. The van der Waals surface area contributed by atoms with Crippen LogP contribution in [-0.4, -0.2) is 103 Å². The average molecular weight is 489 g/mol. The highest BCUT2D eigenvalue weighted by atomic mass is 32.1. The Morgan fingerprint density at radius 2 is 1.74 bits per heavy atom. The van der Waals surface area contributed by atoms with E-state index < -0.39 is 24.1 Å². The molecular weight excluding hydrogens is 464 g/mol. The molecule has 1 saturated heterocycles. The molecule has 0 radical (unpaired) electrons. The number of likely N-dealkylation sites (N-methyl/N-ethyl adjacent to an activating group) is 1. The Hall–Kier alpha value is -3.52. The number of carbonyl (C=O) groups is 2. The van der Waals surface area contributed by atoms with Crippen molar-refractivity contribution in [2.45, 2.75) is 12.2 Å². The molecule has 1 aromatic rings. The molecular formula is C21H24N6O6S. The van der Waals surface area contributed by atoms with E-state index in [9.17, 15) is 9.59 Å². The van der Waals surface area contributed by atoms with Crippen molar-refractivity contribution in [3.8, 4) is 11.3 Å². The number of rotatable bonds is 4. The second kappa shape index (κ2) is 11.1. The summed E-state index contributed by atoms with van der Waals surface area (Å²) in [5.74, 6) is -3.54. The number of azo groups is 1. The van der Waals surface area contributed by atoms with Gasteiger partial charge in [-0.05, 0) is 31.4 Å². The Labute approximate surface area is 199 Å². The highest BCUT2D eigenvalue weighted by Gasteiger charge is 2.29. The maximum atomic E-state index is 9.77. The maximum absolute atomic E-state index is 9.77. The molecule has 5 N–H and O–H groups in total. The lowest BCUT2D eigenvalue weighted by molar-refractivity contribution is -0.165. The highest BCUT2D eigenvalue weighted by molar-refractivity contribution is 7.80. The van der Waals surface area contributed by atoms with Gasteiger partial charge in [-0.3, -0.25) is 4.98 Å². The number of aliphatic hydroxyl groups is 2. The first-order valence-electron chi connectivity index (χ1n) is 10.3. The fraction of sp³-hybridized carbons (Fsp3) is 0.333. The van der Waals surface area contributed by atoms with Gasteiger partial charge in [0.05, 0.1) is 5.69 Å². The van der Waals surface area contributed by atoms with E-state index >= 15 is 0 Å². The van der Waals surface area contributed by atoms with Crippen LogP contribution in [0.25, 0.3) is 22.2 Å². The second-order valence-corrected chi connectivity index (χ2v) is 7.91. The van der Waals surface area contributed by atoms with Crippen LogP contribution in [-0.2, 0) is 9.59 Å². The predicted octanol–water partition coefficient (Wildman–Crippen LogP) is 1.16. The van der Waals surface area contributed by atoms with Crippen LogP contribution in [0.2, 0.25) is 0 Å². The van der Waals surface area contributed by atoms with Crippen molar-refractivity contribution in [1.82, 2.24) is 19.8 Å². The van der Waals surface area contributed by atoms with E-state index in [1.807, 2.05) is 18.3 Å². The zero-order chi connectivity index (χ0) is 24.8. The number of fused-ring (bicyclic) bond motifs is 3. The Kier molecular flexibility index (Phi) is 8.17. The number of carboxylic acid groups (broad SMARTS) is 2. The van der Waals surface area contributed by atoms with Crippen LogP contribution >= 0.6 is 12.2 Å². The molecule has 0 aromatic carbocycles. The summed E-state index contributed by atoms with van der Waals surface area (Å²) in [6.07, 6.45) is -0.868. The smallest absolute Gasteiger partial charge is 0.335 e. The number of piperazine rings is 1.